The SMILES string of the molecule is CC1CC(c2ccccn2)=CC=C1c1cc(-c2cccc(-n3c4ccccc4c4ccccc43)c2)c2ccc3cc(C(C)(C)C)cc4c3c2c1CC4. The highest BCUT2D eigenvalue weighted by Crippen LogP contribution is 2.47. The average Bonchev–Trinajstić information content (AvgIpc) is 3.51. The molecule has 0 N–H and O–H groups in total. The van der Waals surface area contributed by atoms with E-state index in [-0.39, 0.29) is 5.41 Å². The van der Waals surface area contributed by atoms with Gasteiger partial charge < -0.3 is 4.57 Å². The molecule has 2 heteroatoms. The van der Waals surface area contributed by atoms with Crippen LogP contribution in [-0.2, 0) is 18.3 Å². The van der Waals surface area contributed by atoms with E-state index >= 15 is 0 Å². The summed E-state index contributed by atoms with van der Waals surface area (Å²) in [5.74, 6) is 0.372. The molecule has 252 valence electrons. The third kappa shape index (κ3) is 4.81. The Bertz CT molecular complexity index is 2750. The fraction of sp³-hybridized carbons (Fsp3) is 0.180. The number of allylic oxidation sites excluding steroid dienone is 4. The summed E-state index contributed by atoms with van der Waals surface area (Å²) in [7, 11) is 0. The molecule has 0 spiro atoms. The molecular formula is C50H42N2. The van der Waals surface area contributed by atoms with E-state index in [1.54, 1.807) is 0 Å². The van der Waals surface area contributed by atoms with E-state index in [1.165, 1.54) is 93.6 Å². The van der Waals surface area contributed by atoms with Crippen molar-refractivity contribution in [1.82, 2.24) is 9.55 Å². The molecule has 0 amide bonds. The third-order valence-corrected chi connectivity index (χ3v) is 11.7. The van der Waals surface area contributed by atoms with Crippen molar-refractivity contribution in [3.8, 4) is 16.8 Å². The normalized spacial score (nSPS) is 15.9. The van der Waals surface area contributed by atoms with Crippen LogP contribution in [0.2, 0.25) is 0 Å². The molecule has 2 nitrogen and oxygen atoms in total. The Morgan fingerprint density at radius 1 is 0.654 bits per heavy atom. The summed E-state index contributed by atoms with van der Waals surface area (Å²) in [6, 6.07) is 45.3. The van der Waals surface area contributed by atoms with Crippen LogP contribution in [0.3, 0.4) is 0 Å². The summed E-state index contributed by atoms with van der Waals surface area (Å²) < 4.78 is 2.44. The van der Waals surface area contributed by atoms with Crippen LogP contribution in [-0.4, -0.2) is 9.55 Å². The van der Waals surface area contributed by atoms with Gasteiger partial charge in [-0.15, -0.1) is 0 Å². The number of hydrogen-bond donors (Lipinski definition) is 0. The minimum absolute atomic E-state index is 0.0974. The molecule has 0 fully saturated rings. The fourth-order valence-electron chi connectivity index (χ4n) is 9.16. The first kappa shape index (κ1) is 31.0. The van der Waals surface area contributed by atoms with Crippen LogP contribution in [0.4, 0.5) is 0 Å². The molecule has 0 radical (unpaired) electrons. The number of aryl methyl sites for hydroxylation is 2. The van der Waals surface area contributed by atoms with Crippen molar-refractivity contribution in [3.63, 3.8) is 0 Å². The lowest BCUT2D eigenvalue weighted by molar-refractivity contribution is 0.590. The molecule has 52 heavy (non-hydrogen) atoms. The molecule has 0 saturated heterocycles. The molecule has 2 aromatic heterocycles. The molecule has 1 atom stereocenters. The summed E-state index contributed by atoms with van der Waals surface area (Å²) in [5.41, 5.74) is 16.0. The lowest BCUT2D eigenvalue weighted by Gasteiger charge is -2.29. The number of benzene rings is 6. The number of pyridine rings is 1. The number of aromatic nitrogens is 2. The zero-order valence-corrected chi connectivity index (χ0v) is 30.4. The van der Waals surface area contributed by atoms with Crippen molar-refractivity contribution in [3.05, 3.63) is 168 Å². The second-order valence-electron chi connectivity index (χ2n) is 16.0. The van der Waals surface area contributed by atoms with Gasteiger partial charge in [-0.25, -0.2) is 0 Å². The zero-order valence-electron chi connectivity index (χ0n) is 30.4. The quantitative estimate of drug-likeness (QED) is 0.170. The zero-order chi connectivity index (χ0) is 35.1. The van der Waals surface area contributed by atoms with E-state index in [0.29, 0.717) is 5.92 Å². The minimum atomic E-state index is 0.0974. The molecule has 8 aromatic rings. The van der Waals surface area contributed by atoms with Crippen LogP contribution in [0.1, 0.15) is 62.1 Å². The van der Waals surface area contributed by atoms with Gasteiger partial charge >= 0.3 is 0 Å². The lowest BCUT2D eigenvalue weighted by Crippen LogP contribution is -2.14. The van der Waals surface area contributed by atoms with Crippen molar-refractivity contribution in [2.75, 3.05) is 0 Å². The van der Waals surface area contributed by atoms with Crippen LogP contribution in [0, 0.1) is 5.92 Å². The highest BCUT2D eigenvalue weighted by Gasteiger charge is 2.27. The second-order valence-corrected chi connectivity index (χ2v) is 16.0. The van der Waals surface area contributed by atoms with Gasteiger partial charge in [0.2, 0.25) is 0 Å². The van der Waals surface area contributed by atoms with E-state index in [2.05, 4.69) is 160 Å². The summed E-state index contributed by atoms with van der Waals surface area (Å²) in [4.78, 5) is 4.70. The maximum atomic E-state index is 4.70. The summed E-state index contributed by atoms with van der Waals surface area (Å²) >= 11 is 0. The smallest absolute Gasteiger partial charge is 0.0661 e. The van der Waals surface area contributed by atoms with Crippen molar-refractivity contribution >= 4 is 54.5 Å². The first-order valence-corrected chi connectivity index (χ1v) is 18.8. The Morgan fingerprint density at radius 3 is 2.15 bits per heavy atom. The van der Waals surface area contributed by atoms with Crippen LogP contribution >= 0.6 is 0 Å². The number of fused-ring (bicyclic) bond motifs is 3. The van der Waals surface area contributed by atoms with Gasteiger partial charge in [-0.05, 0) is 139 Å². The first-order valence-electron chi connectivity index (χ1n) is 18.8. The van der Waals surface area contributed by atoms with Gasteiger partial charge in [-0.1, -0.05) is 119 Å². The molecule has 0 aliphatic heterocycles. The summed E-state index contributed by atoms with van der Waals surface area (Å²) in [6.07, 6.45) is 9.72. The third-order valence-electron chi connectivity index (χ3n) is 11.7. The Balaban J connectivity index is 1.24. The maximum Gasteiger partial charge on any atom is 0.0661 e. The second kappa shape index (κ2) is 11.6. The summed E-state index contributed by atoms with van der Waals surface area (Å²) in [5, 5.41) is 8.18. The minimum Gasteiger partial charge on any atom is -0.309 e. The van der Waals surface area contributed by atoms with Gasteiger partial charge in [0.15, 0.2) is 0 Å². The van der Waals surface area contributed by atoms with Crippen LogP contribution in [0.5, 0.6) is 0 Å². The molecule has 6 aromatic carbocycles. The predicted octanol–water partition coefficient (Wildman–Crippen LogP) is 13.1. The van der Waals surface area contributed by atoms with Gasteiger partial charge in [0.05, 0.1) is 16.7 Å². The fourth-order valence-corrected chi connectivity index (χ4v) is 9.16. The Labute approximate surface area is 305 Å². The Morgan fingerprint density at radius 2 is 1.42 bits per heavy atom. The molecule has 0 saturated carbocycles. The molecule has 2 aliphatic rings. The van der Waals surface area contributed by atoms with Gasteiger partial charge in [0.1, 0.15) is 0 Å². The van der Waals surface area contributed by atoms with Crippen molar-refractivity contribution in [2.45, 2.75) is 52.4 Å². The largest absolute Gasteiger partial charge is 0.309 e. The van der Waals surface area contributed by atoms with Gasteiger partial charge in [-0.3, -0.25) is 4.98 Å². The van der Waals surface area contributed by atoms with Crippen molar-refractivity contribution in [2.24, 2.45) is 5.92 Å². The van der Waals surface area contributed by atoms with E-state index in [9.17, 15) is 0 Å². The number of nitrogens with zero attached hydrogens (tertiary/aromatic N) is 2. The maximum absolute atomic E-state index is 4.70. The Hall–Kier alpha value is -5.73. The summed E-state index contributed by atoms with van der Waals surface area (Å²) in [6.45, 7) is 9.40. The predicted molar refractivity (Wildman–Crippen MR) is 221 cm³/mol. The van der Waals surface area contributed by atoms with Crippen LogP contribution in [0.15, 0.2) is 140 Å². The number of rotatable bonds is 4. The van der Waals surface area contributed by atoms with E-state index < -0.39 is 0 Å². The highest BCUT2D eigenvalue weighted by atomic mass is 15.0. The van der Waals surface area contributed by atoms with Gasteiger partial charge in [0.25, 0.3) is 0 Å². The molecule has 0 bridgehead atoms. The molecule has 10 rings (SSSR count). The average molecular weight is 671 g/mol. The van der Waals surface area contributed by atoms with E-state index in [1.807, 2.05) is 12.3 Å². The first-order chi connectivity index (χ1) is 25.3. The van der Waals surface area contributed by atoms with Crippen molar-refractivity contribution < 1.29 is 0 Å². The monoisotopic (exact) mass is 670 g/mol. The van der Waals surface area contributed by atoms with E-state index in [0.717, 1.165) is 25.0 Å². The Kier molecular flexibility index (Phi) is 6.95. The molecule has 2 aliphatic carbocycles. The molecule has 1 unspecified atom stereocenters. The number of para-hydroxylation sites is 2. The van der Waals surface area contributed by atoms with Gasteiger partial charge in [-0.2, -0.15) is 0 Å². The van der Waals surface area contributed by atoms with Crippen LogP contribution < -0.4 is 0 Å². The molecule has 2 heterocycles. The highest BCUT2D eigenvalue weighted by molar-refractivity contribution is 6.17. The molecular weight excluding hydrogens is 629 g/mol. The standard InChI is InChI=1S/C50H42N2/c1-31-26-33(45-16-9-10-25-51-45)19-22-38(31)44-30-43(41-23-20-34-27-36(50(2,3)4)28-35-21-24-42(44)49(41)48(34)35)32-12-11-13-37(29-32)52-46-17-7-5-14-39(46)40-15-6-8-18-47(40)52/h5-20,22-23,25,27-31H,21,24,26H2,1-4H3. The van der Waals surface area contributed by atoms with Gasteiger partial charge in [0, 0.05) is 22.7 Å². The lowest BCUT2D eigenvalue weighted by atomic mass is 9.75. The van der Waals surface area contributed by atoms with E-state index in [4.69, 9.17) is 4.98 Å². The van der Waals surface area contributed by atoms with Crippen molar-refractivity contribution in [1.29, 1.82) is 0 Å². The number of hydrogen-bond acceptors (Lipinski definition) is 1. The topological polar surface area (TPSA) is 17.8 Å². The van der Waals surface area contributed by atoms with Crippen LogP contribution in [0.25, 0.3) is 71.3 Å².